The summed E-state index contributed by atoms with van der Waals surface area (Å²) in [6.07, 6.45) is -0.499. The monoisotopic (exact) mass is 230 g/mol. The van der Waals surface area contributed by atoms with Crippen LogP contribution in [0.15, 0.2) is 0 Å². The summed E-state index contributed by atoms with van der Waals surface area (Å²) in [6, 6.07) is 0. The minimum atomic E-state index is -0.499. The topological polar surface area (TPSA) is 61.8 Å². The van der Waals surface area contributed by atoms with Gasteiger partial charge in [-0.25, -0.2) is 0 Å². The zero-order valence-corrected chi connectivity index (χ0v) is 10.1. The van der Waals surface area contributed by atoms with E-state index in [9.17, 15) is 9.90 Å². The van der Waals surface area contributed by atoms with E-state index >= 15 is 0 Å². The molecule has 0 aromatic rings. The van der Waals surface area contributed by atoms with Crippen molar-refractivity contribution in [2.75, 3.05) is 39.4 Å². The third-order valence-corrected chi connectivity index (χ3v) is 2.45. The first-order chi connectivity index (χ1) is 7.59. The fourth-order valence-corrected chi connectivity index (χ4v) is 1.60. The number of β-amino-alcohol motifs (C(OH)–C–C–N with tert-alkyl or cyclic N) is 1. The molecule has 2 N–H and O–H groups in total. The summed E-state index contributed by atoms with van der Waals surface area (Å²) in [7, 11) is 0. The first-order valence-corrected chi connectivity index (χ1v) is 5.84. The van der Waals surface area contributed by atoms with Gasteiger partial charge in [-0.05, 0) is 12.5 Å². The lowest BCUT2D eigenvalue weighted by atomic mass is 10.2. The van der Waals surface area contributed by atoms with Gasteiger partial charge in [0.05, 0.1) is 12.7 Å². The number of morpholine rings is 1. The van der Waals surface area contributed by atoms with Gasteiger partial charge in [0.1, 0.15) is 6.61 Å². The van der Waals surface area contributed by atoms with E-state index in [1.807, 2.05) is 0 Å². The third kappa shape index (κ3) is 4.92. The smallest absolute Gasteiger partial charge is 0.248 e. The Morgan fingerprint density at radius 2 is 2.25 bits per heavy atom. The summed E-state index contributed by atoms with van der Waals surface area (Å²) >= 11 is 0. The summed E-state index contributed by atoms with van der Waals surface area (Å²) in [4.78, 5) is 13.0. The number of aliphatic hydroxyl groups is 1. The Morgan fingerprint density at radius 3 is 2.88 bits per heavy atom. The molecule has 1 unspecified atom stereocenters. The van der Waals surface area contributed by atoms with Gasteiger partial charge in [0.15, 0.2) is 0 Å². The molecule has 0 aromatic heterocycles. The van der Waals surface area contributed by atoms with Gasteiger partial charge in [-0.1, -0.05) is 13.8 Å². The van der Waals surface area contributed by atoms with Gasteiger partial charge in [-0.3, -0.25) is 4.79 Å². The quantitative estimate of drug-likeness (QED) is 0.643. The summed E-state index contributed by atoms with van der Waals surface area (Å²) in [6.45, 7) is 7.34. The van der Waals surface area contributed by atoms with Gasteiger partial charge in [0.2, 0.25) is 5.91 Å². The first kappa shape index (κ1) is 13.4. The molecule has 0 radical (unpaired) electrons. The molecule has 1 atom stereocenters. The number of rotatable bonds is 6. The maximum absolute atomic E-state index is 11.4. The van der Waals surface area contributed by atoms with Crippen LogP contribution in [-0.4, -0.2) is 61.4 Å². The van der Waals surface area contributed by atoms with Gasteiger partial charge in [0, 0.05) is 19.6 Å². The molecule has 0 spiro atoms. The fourth-order valence-electron chi connectivity index (χ4n) is 1.60. The SMILES string of the molecule is CC(C)CNCC(O)CN1CCOCC1=O. The van der Waals surface area contributed by atoms with Crippen LogP contribution in [-0.2, 0) is 9.53 Å². The number of nitrogens with one attached hydrogen (secondary N) is 1. The van der Waals surface area contributed by atoms with E-state index in [0.717, 1.165) is 6.54 Å². The number of carbonyl (C=O) groups is 1. The maximum Gasteiger partial charge on any atom is 0.248 e. The summed E-state index contributed by atoms with van der Waals surface area (Å²) in [5.41, 5.74) is 0. The van der Waals surface area contributed by atoms with Crippen molar-refractivity contribution in [3.05, 3.63) is 0 Å². The molecule has 1 heterocycles. The Labute approximate surface area is 96.8 Å². The van der Waals surface area contributed by atoms with Gasteiger partial charge in [-0.15, -0.1) is 0 Å². The van der Waals surface area contributed by atoms with Gasteiger partial charge in [-0.2, -0.15) is 0 Å². The lowest BCUT2D eigenvalue weighted by Gasteiger charge is -2.28. The Bertz CT molecular complexity index is 221. The molecule has 0 saturated carbocycles. The van der Waals surface area contributed by atoms with Crippen LogP contribution in [0.25, 0.3) is 0 Å². The predicted molar refractivity (Wildman–Crippen MR) is 61.1 cm³/mol. The molecule has 1 aliphatic rings. The molecule has 1 fully saturated rings. The van der Waals surface area contributed by atoms with Crippen molar-refractivity contribution in [3.63, 3.8) is 0 Å². The molecular formula is C11H22N2O3. The average Bonchev–Trinajstić information content (AvgIpc) is 2.21. The van der Waals surface area contributed by atoms with E-state index in [-0.39, 0.29) is 12.5 Å². The fraction of sp³-hybridized carbons (Fsp3) is 0.909. The minimum absolute atomic E-state index is 0.0332. The lowest BCUT2D eigenvalue weighted by Crippen LogP contribution is -2.47. The minimum Gasteiger partial charge on any atom is -0.390 e. The van der Waals surface area contributed by atoms with E-state index in [2.05, 4.69) is 19.2 Å². The number of amides is 1. The van der Waals surface area contributed by atoms with Crippen molar-refractivity contribution in [3.8, 4) is 0 Å². The van der Waals surface area contributed by atoms with E-state index < -0.39 is 6.10 Å². The number of carbonyl (C=O) groups excluding carboxylic acids is 1. The van der Waals surface area contributed by atoms with Crippen molar-refractivity contribution in [2.45, 2.75) is 20.0 Å². The van der Waals surface area contributed by atoms with Crippen molar-refractivity contribution in [1.82, 2.24) is 10.2 Å². The molecule has 0 aliphatic carbocycles. The summed E-state index contributed by atoms with van der Waals surface area (Å²) < 4.78 is 5.02. The van der Waals surface area contributed by atoms with E-state index in [4.69, 9.17) is 4.74 Å². The number of nitrogens with zero attached hydrogens (tertiary/aromatic N) is 1. The lowest BCUT2D eigenvalue weighted by molar-refractivity contribution is -0.144. The highest BCUT2D eigenvalue weighted by molar-refractivity contribution is 5.78. The molecule has 0 aromatic carbocycles. The predicted octanol–water partition coefficient (Wildman–Crippen LogP) is -0.548. The van der Waals surface area contributed by atoms with Crippen LogP contribution >= 0.6 is 0 Å². The van der Waals surface area contributed by atoms with E-state index in [0.29, 0.717) is 32.2 Å². The molecule has 1 saturated heterocycles. The van der Waals surface area contributed by atoms with Crippen LogP contribution in [0, 0.1) is 5.92 Å². The van der Waals surface area contributed by atoms with Crippen LogP contribution in [0.2, 0.25) is 0 Å². The third-order valence-electron chi connectivity index (χ3n) is 2.45. The van der Waals surface area contributed by atoms with Crippen LogP contribution < -0.4 is 5.32 Å². The molecule has 94 valence electrons. The van der Waals surface area contributed by atoms with Crippen LogP contribution in [0.4, 0.5) is 0 Å². The van der Waals surface area contributed by atoms with Gasteiger partial charge < -0.3 is 20.1 Å². The van der Waals surface area contributed by atoms with Gasteiger partial charge >= 0.3 is 0 Å². The normalized spacial score (nSPS) is 19.2. The Morgan fingerprint density at radius 1 is 1.50 bits per heavy atom. The highest BCUT2D eigenvalue weighted by Gasteiger charge is 2.20. The summed E-state index contributed by atoms with van der Waals surface area (Å²) in [5.74, 6) is 0.534. The molecular weight excluding hydrogens is 208 g/mol. The highest BCUT2D eigenvalue weighted by atomic mass is 16.5. The Balaban J connectivity index is 2.17. The second-order valence-corrected chi connectivity index (χ2v) is 4.60. The van der Waals surface area contributed by atoms with Crippen molar-refractivity contribution >= 4 is 5.91 Å². The van der Waals surface area contributed by atoms with E-state index in [1.165, 1.54) is 0 Å². The molecule has 1 amide bonds. The van der Waals surface area contributed by atoms with Gasteiger partial charge in [0.25, 0.3) is 0 Å². The molecule has 1 rings (SSSR count). The van der Waals surface area contributed by atoms with Crippen molar-refractivity contribution in [2.24, 2.45) is 5.92 Å². The van der Waals surface area contributed by atoms with E-state index in [1.54, 1.807) is 4.90 Å². The van der Waals surface area contributed by atoms with Crippen LogP contribution in [0.1, 0.15) is 13.8 Å². The highest BCUT2D eigenvalue weighted by Crippen LogP contribution is 2.00. The number of aliphatic hydroxyl groups excluding tert-OH is 1. The molecule has 1 aliphatic heterocycles. The molecule has 0 bridgehead atoms. The van der Waals surface area contributed by atoms with Crippen LogP contribution in [0.5, 0.6) is 0 Å². The number of hydrogen-bond donors (Lipinski definition) is 2. The Hall–Kier alpha value is -0.650. The summed E-state index contributed by atoms with van der Waals surface area (Å²) in [5, 5.41) is 12.9. The molecule has 5 nitrogen and oxygen atoms in total. The second-order valence-electron chi connectivity index (χ2n) is 4.60. The number of hydrogen-bond acceptors (Lipinski definition) is 4. The zero-order valence-electron chi connectivity index (χ0n) is 10.1. The standard InChI is InChI=1S/C11H22N2O3/c1-9(2)5-12-6-10(14)7-13-3-4-16-8-11(13)15/h9-10,12,14H,3-8H2,1-2H3. The average molecular weight is 230 g/mol. The molecule has 16 heavy (non-hydrogen) atoms. The number of ether oxygens (including phenoxy) is 1. The second kappa shape index (κ2) is 6.83. The van der Waals surface area contributed by atoms with Crippen molar-refractivity contribution < 1.29 is 14.6 Å². The maximum atomic E-state index is 11.4. The Kier molecular flexibility index (Phi) is 5.73. The first-order valence-electron chi connectivity index (χ1n) is 5.84. The van der Waals surface area contributed by atoms with Crippen molar-refractivity contribution in [1.29, 1.82) is 0 Å². The molecule has 5 heteroatoms. The zero-order chi connectivity index (χ0) is 12.0. The van der Waals surface area contributed by atoms with Crippen LogP contribution in [0.3, 0.4) is 0 Å². The largest absolute Gasteiger partial charge is 0.390 e.